The van der Waals surface area contributed by atoms with Crippen LogP contribution in [-0.2, 0) is 6.54 Å². The van der Waals surface area contributed by atoms with Crippen LogP contribution in [0.5, 0.6) is 0 Å². The van der Waals surface area contributed by atoms with Gasteiger partial charge in [0.05, 0.1) is 0 Å². The molecule has 3 rings (SSSR count). The van der Waals surface area contributed by atoms with Crippen molar-refractivity contribution in [3.63, 3.8) is 0 Å². The lowest BCUT2D eigenvalue weighted by Crippen LogP contribution is -2.32. The van der Waals surface area contributed by atoms with Crippen LogP contribution in [-0.4, -0.2) is 32.4 Å². The molecular formula is C12H15ClN6O. The van der Waals surface area contributed by atoms with Crippen LogP contribution in [0.1, 0.15) is 23.3 Å². The predicted octanol–water partition coefficient (Wildman–Crippen LogP) is 1.05. The number of carbonyl (C=O) groups excluding carboxylic acids is 1. The largest absolute Gasteiger partial charge is 0.381 e. The van der Waals surface area contributed by atoms with E-state index in [9.17, 15) is 4.79 Å². The molecule has 1 aliphatic carbocycles. The van der Waals surface area contributed by atoms with Crippen LogP contribution in [0, 0.1) is 5.41 Å². The molecule has 106 valence electrons. The van der Waals surface area contributed by atoms with Gasteiger partial charge in [-0.15, -0.1) is 0 Å². The van der Waals surface area contributed by atoms with Crippen molar-refractivity contribution >= 4 is 23.3 Å². The lowest BCUT2D eigenvalue weighted by Gasteiger charge is -2.15. The average molecular weight is 295 g/mol. The topological polar surface area (TPSA) is 102 Å². The molecule has 0 bridgehead atoms. The number of carbonyl (C=O) groups is 1. The molecule has 7 nitrogen and oxygen atoms in total. The van der Waals surface area contributed by atoms with Gasteiger partial charge in [-0.1, -0.05) is 11.6 Å². The number of amides is 1. The summed E-state index contributed by atoms with van der Waals surface area (Å²) in [7, 11) is 0. The summed E-state index contributed by atoms with van der Waals surface area (Å²) in [6, 6.07) is 1.89. The van der Waals surface area contributed by atoms with E-state index in [0.29, 0.717) is 6.54 Å². The first-order valence-corrected chi connectivity index (χ1v) is 6.72. The van der Waals surface area contributed by atoms with Gasteiger partial charge >= 0.3 is 0 Å². The summed E-state index contributed by atoms with van der Waals surface area (Å²) in [5.74, 6) is -0.152. The maximum atomic E-state index is 12.0. The maximum absolute atomic E-state index is 12.0. The summed E-state index contributed by atoms with van der Waals surface area (Å²) in [4.78, 5) is 12.0. The van der Waals surface area contributed by atoms with Gasteiger partial charge in [0.15, 0.2) is 5.82 Å². The van der Waals surface area contributed by atoms with E-state index in [1.165, 1.54) is 0 Å². The van der Waals surface area contributed by atoms with Crippen molar-refractivity contribution in [3.05, 3.63) is 29.2 Å². The van der Waals surface area contributed by atoms with E-state index >= 15 is 0 Å². The zero-order chi connectivity index (χ0) is 14.2. The van der Waals surface area contributed by atoms with E-state index in [2.05, 4.69) is 20.6 Å². The molecule has 1 fully saturated rings. The van der Waals surface area contributed by atoms with Crippen molar-refractivity contribution in [1.82, 2.24) is 25.3 Å². The molecule has 0 aliphatic heterocycles. The van der Waals surface area contributed by atoms with E-state index in [1.807, 2.05) is 16.9 Å². The van der Waals surface area contributed by atoms with Gasteiger partial charge in [0, 0.05) is 30.9 Å². The Morgan fingerprint density at radius 2 is 2.40 bits per heavy atom. The summed E-state index contributed by atoms with van der Waals surface area (Å²) in [5, 5.41) is 13.5. The highest BCUT2D eigenvalue weighted by molar-refractivity contribution is 6.35. The smallest absolute Gasteiger partial charge is 0.270 e. The standard InChI is InChI=1S/C12H15ClN6O/c13-8-9(17-18-10(8)14)11(20)15-6-12(2-3-12)7-19-5-1-4-16-19/h1,4-5H,2-3,6-7H2,(H,15,20)(H3,14,17,18). The molecule has 0 radical (unpaired) electrons. The van der Waals surface area contributed by atoms with E-state index in [4.69, 9.17) is 17.3 Å². The van der Waals surface area contributed by atoms with Crippen LogP contribution in [0.2, 0.25) is 5.02 Å². The number of halogens is 1. The minimum Gasteiger partial charge on any atom is -0.381 e. The average Bonchev–Trinajstić information content (AvgIpc) is 2.83. The van der Waals surface area contributed by atoms with Crippen molar-refractivity contribution in [2.45, 2.75) is 19.4 Å². The second-order valence-electron chi connectivity index (χ2n) is 5.18. The number of nitrogens with zero attached hydrogens (tertiary/aromatic N) is 3. The maximum Gasteiger partial charge on any atom is 0.270 e. The van der Waals surface area contributed by atoms with E-state index in [-0.39, 0.29) is 27.9 Å². The number of H-pyrrole nitrogens is 1. The Morgan fingerprint density at radius 3 is 2.95 bits per heavy atom. The van der Waals surface area contributed by atoms with Crippen molar-refractivity contribution in [1.29, 1.82) is 0 Å². The number of aromatic nitrogens is 4. The highest BCUT2D eigenvalue weighted by Gasteiger charge is 2.43. The first-order valence-electron chi connectivity index (χ1n) is 6.35. The number of aromatic amines is 1. The fraction of sp³-hybridized carbons (Fsp3) is 0.417. The molecule has 4 N–H and O–H groups in total. The molecule has 0 spiro atoms. The van der Waals surface area contributed by atoms with Crippen LogP contribution in [0.4, 0.5) is 5.82 Å². The van der Waals surface area contributed by atoms with Gasteiger partial charge in [-0.3, -0.25) is 14.6 Å². The molecule has 8 heteroatoms. The molecular weight excluding hydrogens is 280 g/mol. The Balaban J connectivity index is 1.59. The third-order valence-electron chi connectivity index (χ3n) is 3.60. The van der Waals surface area contributed by atoms with Crippen molar-refractivity contribution in [3.8, 4) is 0 Å². The summed E-state index contributed by atoms with van der Waals surface area (Å²) < 4.78 is 1.89. The number of rotatable bonds is 5. The summed E-state index contributed by atoms with van der Waals surface area (Å²) >= 11 is 5.89. The molecule has 0 unspecified atom stereocenters. The van der Waals surface area contributed by atoms with Crippen LogP contribution in [0.15, 0.2) is 18.5 Å². The highest BCUT2D eigenvalue weighted by Crippen LogP contribution is 2.46. The second-order valence-corrected chi connectivity index (χ2v) is 5.56. The minimum atomic E-state index is -0.286. The van der Waals surface area contributed by atoms with Crippen molar-refractivity contribution < 1.29 is 4.79 Å². The Morgan fingerprint density at radius 1 is 1.60 bits per heavy atom. The third kappa shape index (κ3) is 2.49. The van der Waals surface area contributed by atoms with E-state index in [1.54, 1.807) is 6.20 Å². The van der Waals surface area contributed by atoms with Crippen LogP contribution < -0.4 is 11.1 Å². The lowest BCUT2D eigenvalue weighted by molar-refractivity contribution is 0.0937. The number of anilines is 1. The first-order chi connectivity index (χ1) is 9.60. The Kier molecular flexibility index (Phi) is 3.13. The van der Waals surface area contributed by atoms with Crippen molar-refractivity contribution in [2.24, 2.45) is 5.41 Å². The first kappa shape index (κ1) is 13.0. The molecule has 0 saturated heterocycles. The fourth-order valence-electron chi connectivity index (χ4n) is 2.15. The zero-order valence-electron chi connectivity index (χ0n) is 10.8. The Bertz CT molecular complexity index is 616. The van der Waals surface area contributed by atoms with Gasteiger partial charge in [-0.05, 0) is 18.9 Å². The second kappa shape index (κ2) is 4.82. The Labute approximate surface area is 120 Å². The van der Waals surface area contributed by atoms with Crippen LogP contribution >= 0.6 is 11.6 Å². The van der Waals surface area contributed by atoms with E-state index < -0.39 is 0 Å². The number of nitrogen functional groups attached to an aromatic ring is 1. The molecule has 1 saturated carbocycles. The van der Waals surface area contributed by atoms with Gasteiger partial charge in [0.2, 0.25) is 0 Å². The van der Waals surface area contributed by atoms with Crippen LogP contribution in [0.3, 0.4) is 0 Å². The summed E-state index contributed by atoms with van der Waals surface area (Å²) in [6.45, 7) is 1.39. The van der Waals surface area contributed by atoms with Gasteiger partial charge in [0.1, 0.15) is 10.7 Å². The number of nitrogens with one attached hydrogen (secondary N) is 2. The zero-order valence-corrected chi connectivity index (χ0v) is 11.5. The number of hydrogen-bond acceptors (Lipinski definition) is 4. The summed E-state index contributed by atoms with van der Waals surface area (Å²) in [6.07, 6.45) is 5.83. The molecule has 2 aromatic heterocycles. The molecule has 1 aliphatic rings. The molecule has 0 aromatic carbocycles. The number of hydrogen-bond donors (Lipinski definition) is 3. The van der Waals surface area contributed by atoms with Gasteiger partial charge < -0.3 is 11.1 Å². The van der Waals surface area contributed by atoms with Gasteiger partial charge in [0.25, 0.3) is 5.91 Å². The molecule has 2 aromatic rings. The monoisotopic (exact) mass is 294 g/mol. The van der Waals surface area contributed by atoms with Gasteiger partial charge in [-0.2, -0.15) is 10.2 Å². The highest BCUT2D eigenvalue weighted by atomic mass is 35.5. The SMILES string of the molecule is Nc1n[nH]c(C(=O)NCC2(Cn3cccn3)CC2)c1Cl. The minimum absolute atomic E-state index is 0.0969. The summed E-state index contributed by atoms with van der Waals surface area (Å²) in [5.41, 5.74) is 5.80. The van der Waals surface area contributed by atoms with Crippen molar-refractivity contribution in [2.75, 3.05) is 12.3 Å². The lowest BCUT2D eigenvalue weighted by atomic mass is 10.1. The fourth-order valence-corrected chi connectivity index (χ4v) is 2.32. The van der Waals surface area contributed by atoms with Crippen LogP contribution in [0.25, 0.3) is 0 Å². The molecule has 2 heterocycles. The quantitative estimate of drug-likeness (QED) is 0.767. The number of nitrogens with two attached hydrogens (primary N) is 1. The third-order valence-corrected chi connectivity index (χ3v) is 3.98. The normalized spacial score (nSPS) is 16.1. The predicted molar refractivity (Wildman–Crippen MR) is 74.2 cm³/mol. The van der Waals surface area contributed by atoms with Gasteiger partial charge in [-0.25, -0.2) is 0 Å². The molecule has 20 heavy (non-hydrogen) atoms. The Hall–Kier alpha value is -2.02. The molecule has 0 atom stereocenters. The van der Waals surface area contributed by atoms with E-state index in [0.717, 1.165) is 19.4 Å². The molecule has 1 amide bonds.